The normalized spacial score (nSPS) is 15.2. The zero-order chi connectivity index (χ0) is 21.6. The molecule has 2 N–H and O–H groups in total. The monoisotopic (exact) mass is 417 g/mol. The molecule has 0 radical (unpaired) electrons. The summed E-state index contributed by atoms with van der Waals surface area (Å²) in [5, 5.41) is 6.89. The summed E-state index contributed by atoms with van der Waals surface area (Å²) in [4.78, 5) is 15.7. The Morgan fingerprint density at radius 2 is 2.00 bits per heavy atom. The van der Waals surface area contributed by atoms with Gasteiger partial charge in [0.2, 0.25) is 0 Å². The number of hydrogen-bond donors (Lipinski definition) is 2. The van der Waals surface area contributed by atoms with E-state index in [9.17, 15) is 0 Å². The number of pyridine rings is 1. The van der Waals surface area contributed by atoms with E-state index in [-0.39, 0.29) is 6.04 Å². The molecule has 0 amide bonds. The number of nitrogens with zero attached hydrogens (tertiary/aromatic N) is 5. The number of hydrogen-bond acceptors (Lipinski definition) is 4. The van der Waals surface area contributed by atoms with E-state index in [0.717, 1.165) is 36.3 Å². The van der Waals surface area contributed by atoms with Crippen LogP contribution in [0.1, 0.15) is 42.8 Å². The Morgan fingerprint density at radius 3 is 2.68 bits per heavy atom. The summed E-state index contributed by atoms with van der Waals surface area (Å²) < 4.78 is 1.97. The van der Waals surface area contributed by atoms with Crippen molar-refractivity contribution in [2.24, 2.45) is 4.99 Å². The lowest BCUT2D eigenvalue weighted by Crippen LogP contribution is -2.38. The third kappa shape index (κ3) is 5.05. The quantitative estimate of drug-likeness (QED) is 0.474. The van der Waals surface area contributed by atoms with Crippen LogP contribution < -0.4 is 15.5 Å². The summed E-state index contributed by atoms with van der Waals surface area (Å²) in [6, 6.07) is 13.0. The Balaban J connectivity index is 1.34. The lowest BCUT2D eigenvalue weighted by Gasteiger charge is -2.22. The first-order valence-electron chi connectivity index (χ1n) is 10.9. The van der Waals surface area contributed by atoms with E-state index in [2.05, 4.69) is 67.7 Å². The molecule has 1 saturated heterocycles. The van der Waals surface area contributed by atoms with Crippen molar-refractivity contribution in [2.45, 2.75) is 39.3 Å². The van der Waals surface area contributed by atoms with Gasteiger partial charge in [-0.25, -0.2) is 9.97 Å². The molecule has 1 aromatic carbocycles. The number of imidazole rings is 1. The Kier molecular flexibility index (Phi) is 6.50. The lowest BCUT2D eigenvalue weighted by molar-refractivity contribution is 0.684. The van der Waals surface area contributed by atoms with Crippen LogP contribution in [0.25, 0.3) is 5.82 Å². The van der Waals surface area contributed by atoms with Gasteiger partial charge in [-0.05, 0) is 56.0 Å². The minimum atomic E-state index is 0.151. The highest BCUT2D eigenvalue weighted by atomic mass is 15.2. The molecule has 1 aliphatic rings. The van der Waals surface area contributed by atoms with Crippen molar-refractivity contribution in [1.82, 2.24) is 25.2 Å². The summed E-state index contributed by atoms with van der Waals surface area (Å²) in [5.41, 5.74) is 3.66. The fourth-order valence-electron chi connectivity index (χ4n) is 3.92. The second-order valence-electron chi connectivity index (χ2n) is 7.95. The predicted octanol–water partition coefficient (Wildman–Crippen LogP) is 3.60. The largest absolute Gasteiger partial charge is 0.372 e. The van der Waals surface area contributed by atoms with Crippen LogP contribution in [0.5, 0.6) is 0 Å². The fraction of sp³-hybridized carbons (Fsp3) is 0.375. The van der Waals surface area contributed by atoms with E-state index >= 15 is 0 Å². The maximum atomic E-state index is 4.56. The Morgan fingerprint density at radius 1 is 1.16 bits per heavy atom. The van der Waals surface area contributed by atoms with Crippen molar-refractivity contribution in [2.75, 3.05) is 25.0 Å². The topological polar surface area (TPSA) is 70.4 Å². The summed E-state index contributed by atoms with van der Waals surface area (Å²) >= 11 is 0. The number of benzene rings is 1. The van der Waals surface area contributed by atoms with Crippen molar-refractivity contribution in [3.8, 4) is 5.82 Å². The summed E-state index contributed by atoms with van der Waals surface area (Å²) in [7, 11) is 1.80. The minimum Gasteiger partial charge on any atom is -0.372 e. The zero-order valence-electron chi connectivity index (χ0n) is 18.5. The van der Waals surface area contributed by atoms with Crippen molar-refractivity contribution in [3.63, 3.8) is 0 Å². The van der Waals surface area contributed by atoms with Gasteiger partial charge >= 0.3 is 0 Å². The molecule has 162 valence electrons. The summed E-state index contributed by atoms with van der Waals surface area (Å²) in [6.45, 7) is 7.09. The second-order valence-corrected chi connectivity index (χ2v) is 7.95. The highest BCUT2D eigenvalue weighted by Crippen LogP contribution is 2.24. The van der Waals surface area contributed by atoms with Gasteiger partial charge in [-0.2, -0.15) is 0 Å². The first-order valence-corrected chi connectivity index (χ1v) is 10.9. The summed E-state index contributed by atoms with van der Waals surface area (Å²) in [6.07, 6.45) is 8.16. The van der Waals surface area contributed by atoms with Crippen LogP contribution in [0.3, 0.4) is 0 Å². The molecular formula is C24H31N7. The van der Waals surface area contributed by atoms with Crippen LogP contribution in [0.4, 0.5) is 5.69 Å². The molecule has 1 fully saturated rings. The van der Waals surface area contributed by atoms with E-state index in [4.69, 9.17) is 0 Å². The van der Waals surface area contributed by atoms with Gasteiger partial charge in [0.15, 0.2) is 5.96 Å². The molecule has 1 unspecified atom stereocenters. The molecular weight excluding hydrogens is 386 g/mol. The number of anilines is 1. The SMILES string of the molecule is CN=C(NCc1ccc(-n2ccnc2C)nc1)NC(C)c1cccc(N2CCCC2)c1. The number of rotatable bonds is 6. The lowest BCUT2D eigenvalue weighted by atomic mass is 10.1. The standard InChI is InChI=1S/C24H31N7/c1-18(21-7-6-8-22(15-21)30-12-4-5-13-30)29-24(25-3)28-17-20-9-10-23(27-16-20)31-14-11-26-19(31)2/h6-11,14-16,18H,4-5,12-13,17H2,1-3H3,(H2,25,28,29). The average Bonchev–Trinajstić information content (AvgIpc) is 3.49. The van der Waals surface area contributed by atoms with E-state index in [1.54, 1.807) is 13.2 Å². The minimum absolute atomic E-state index is 0.151. The van der Waals surface area contributed by atoms with Crippen molar-refractivity contribution in [1.29, 1.82) is 0 Å². The number of aryl methyl sites for hydroxylation is 1. The zero-order valence-corrected chi connectivity index (χ0v) is 18.5. The van der Waals surface area contributed by atoms with Gasteiger partial charge in [0.1, 0.15) is 11.6 Å². The molecule has 0 bridgehead atoms. The van der Waals surface area contributed by atoms with Gasteiger partial charge in [0.05, 0.1) is 6.04 Å². The Bertz CT molecular complexity index is 1020. The fourth-order valence-corrected chi connectivity index (χ4v) is 3.92. The molecule has 3 aromatic rings. The van der Waals surface area contributed by atoms with Gasteiger partial charge in [-0.3, -0.25) is 9.56 Å². The van der Waals surface area contributed by atoms with Gasteiger partial charge < -0.3 is 15.5 Å². The number of aliphatic imine (C=N–C) groups is 1. The van der Waals surface area contributed by atoms with Crippen molar-refractivity contribution >= 4 is 11.6 Å². The second kappa shape index (κ2) is 9.64. The van der Waals surface area contributed by atoms with Crippen LogP contribution in [0.15, 0.2) is 60.0 Å². The predicted molar refractivity (Wildman–Crippen MR) is 126 cm³/mol. The molecule has 0 spiro atoms. The maximum absolute atomic E-state index is 4.56. The van der Waals surface area contributed by atoms with Gasteiger partial charge in [-0.15, -0.1) is 0 Å². The van der Waals surface area contributed by atoms with Crippen LogP contribution in [0.2, 0.25) is 0 Å². The molecule has 1 aliphatic heterocycles. The van der Waals surface area contributed by atoms with Crippen molar-refractivity contribution in [3.05, 3.63) is 71.9 Å². The molecule has 4 rings (SSSR count). The van der Waals surface area contributed by atoms with Crippen LogP contribution >= 0.6 is 0 Å². The van der Waals surface area contributed by atoms with Crippen LogP contribution in [0, 0.1) is 6.92 Å². The number of aromatic nitrogens is 3. The highest BCUT2D eigenvalue weighted by molar-refractivity contribution is 5.80. The van der Waals surface area contributed by atoms with E-state index < -0.39 is 0 Å². The van der Waals surface area contributed by atoms with Gasteiger partial charge in [0.25, 0.3) is 0 Å². The first-order chi connectivity index (χ1) is 15.1. The van der Waals surface area contributed by atoms with Crippen LogP contribution in [-0.4, -0.2) is 40.6 Å². The molecule has 1 atom stereocenters. The molecule has 7 nitrogen and oxygen atoms in total. The summed E-state index contributed by atoms with van der Waals surface area (Å²) in [5.74, 6) is 2.56. The number of nitrogens with one attached hydrogen (secondary N) is 2. The Hall–Kier alpha value is -3.35. The van der Waals surface area contributed by atoms with E-state index in [1.807, 2.05) is 30.0 Å². The highest BCUT2D eigenvalue weighted by Gasteiger charge is 2.14. The first kappa shape index (κ1) is 20.9. The molecule has 31 heavy (non-hydrogen) atoms. The van der Waals surface area contributed by atoms with E-state index in [1.165, 1.54) is 24.1 Å². The third-order valence-corrected chi connectivity index (χ3v) is 5.76. The smallest absolute Gasteiger partial charge is 0.191 e. The molecule has 3 heterocycles. The Labute approximate surface area is 184 Å². The molecule has 2 aromatic heterocycles. The van der Waals surface area contributed by atoms with Gasteiger partial charge in [0, 0.05) is 51.0 Å². The third-order valence-electron chi connectivity index (χ3n) is 5.76. The number of guanidine groups is 1. The average molecular weight is 418 g/mol. The van der Waals surface area contributed by atoms with Gasteiger partial charge in [-0.1, -0.05) is 18.2 Å². The molecule has 0 saturated carbocycles. The van der Waals surface area contributed by atoms with E-state index in [0.29, 0.717) is 6.54 Å². The molecule has 0 aliphatic carbocycles. The molecule has 7 heteroatoms. The maximum Gasteiger partial charge on any atom is 0.191 e. The van der Waals surface area contributed by atoms with Crippen LogP contribution in [-0.2, 0) is 6.54 Å². The van der Waals surface area contributed by atoms with Crippen molar-refractivity contribution < 1.29 is 0 Å².